The second-order valence-corrected chi connectivity index (χ2v) is 5.75. The minimum absolute atomic E-state index is 0. The second kappa shape index (κ2) is 10.9. The molecule has 1 aromatic rings. The molecule has 7 nitrogen and oxygen atoms in total. The second-order valence-electron chi connectivity index (χ2n) is 5.75. The summed E-state index contributed by atoms with van der Waals surface area (Å²) in [4.78, 5) is 25.7. The lowest BCUT2D eigenvalue weighted by molar-refractivity contribution is -0.132. The summed E-state index contributed by atoms with van der Waals surface area (Å²) in [6, 6.07) is 6.98. The van der Waals surface area contributed by atoms with Crippen molar-refractivity contribution in [1.82, 2.24) is 4.90 Å². The van der Waals surface area contributed by atoms with Gasteiger partial charge >= 0.3 is 0 Å². The zero-order chi connectivity index (χ0) is 17.4. The number of amides is 2. The van der Waals surface area contributed by atoms with E-state index in [4.69, 9.17) is 15.2 Å². The molecule has 2 rings (SSSR count). The van der Waals surface area contributed by atoms with E-state index in [1.54, 1.807) is 24.3 Å². The number of nitrogens with zero attached hydrogens (tertiary/aromatic N) is 1. The lowest BCUT2D eigenvalue weighted by Crippen LogP contribution is -2.32. The van der Waals surface area contributed by atoms with E-state index in [0.29, 0.717) is 11.4 Å². The number of hydrogen-bond donors (Lipinski definition) is 2. The van der Waals surface area contributed by atoms with Crippen LogP contribution < -0.4 is 15.8 Å². The van der Waals surface area contributed by atoms with Crippen LogP contribution in [0.5, 0.6) is 5.75 Å². The van der Waals surface area contributed by atoms with Gasteiger partial charge < -0.3 is 25.4 Å². The molecule has 2 amide bonds. The molecule has 1 aliphatic rings. The summed E-state index contributed by atoms with van der Waals surface area (Å²) in [7, 11) is 1.52. The van der Waals surface area contributed by atoms with Crippen LogP contribution in [0.15, 0.2) is 24.3 Å². The first-order valence-electron chi connectivity index (χ1n) is 8.15. The van der Waals surface area contributed by atoms with Gasteiger partial charge in [-0.15, -0.1) is 12.4 Å². The summed E-state index contributed by atoms with van der Waals surface area (Å²) in [5.74, 6) is 0.355. The quantitative estimate of drug-likeness (QED) is 0.720. The molecule has 1 atom stereocenters. The van der Waals surface area contributed by atoms with E-state index in [0.717, 1.165) is 25.9 Å². The van der Waals surface area contributed by atoms with Gasteiger partial charge in [-0.3, -0.25) is 9.59 Å². The Bertz CT molecular complexity index is 561. The highest BCUT2D eigenvalue weighted by Crippen LogP contribution is 2.18. The minimum atomic E-state index is -0.303. The fraction of sp³-hybridized carbons (Fsp3) is 0.529. The average molecular weight is 372 g/mol. The monoisotopic (exact) mass is 371 g/mol. The van der Waals surface area contributed by atoms with Crippen LogP contribution in [0.1, 0.15) is 19.3 Å². The number of carbonyl (C=O) groups excluding carboxylic acids is 2. The Hall–Kier alpha value is -1.83. The Morgan fingerprint density at radius 2 is 2.04 bits per heavy atom. The third-order valence-electron chi connectivity index (χ3n) is 3.95. The van der Waals surface area contributed by atoms with Crippen molar-refractivity contribution in [3.05, 3.63) is 24.3 Å². The standard InChI is InChI=1S/C17H25N3O4.ClH/c1-23-15(11-18)10-16(21)19-13-5-4-6-14(9-13)24-12-17(22)20-7-2-3-8-20;/h4-6,9,15H,2-3,7-8,10-12,18H2,1H3,(H,19,21);1H. The third kappa shape index (κ3) is 6.89. The van der Waals surface area contributed by atoms with E-state index in [1.807, 2.05) is 4.90 Å². The first kappa shape index (κ1) is 21.2. The topological polar surface area (TPSA) is 93.9 Å². The Kier molecular flexibility index (Phi) is 9.26. The van der Waals surface area contributed by atoms with E-state index in [-0.39, 0.29) is 49.9 Å². The molecule has 0 radical (unpaired) electrons. The van der Waals surface area contributed by atoms with Crippen LogP contribution in [0, 0.1) is 0 Å². The van der Waals surface area contributed by atoms with Crippen molar-refractivity contribution in [2.24, 2.45) is 5.73 Å². The molecular weight excluding hydrogens is 346 g/mol. The van der Waals surface area contributed by atoms with Crippen molar-refractivity contribution in [1.29, 1.82) is 0 Å². The number of nitrogens with one attached hydrogen (secondary N) is 1. The van der Waals surface area contributed by atoms with Crippen LogP contribution in [-0.4, -0.2) is 56.2 Å². The van der Waals surface area contributed by atoms with Gasteiger partial charge in [-0.2, -0.15) is 0 Å². The van der Waals surface area contributed by atoms with E-state index in [1.165, 1.54) is 7.11 Å². The summed E-state index contributed by atoms with van der Waals surface area (Å²) in [5, 5.41) is 2.77. The first-order chi connectivity index (χ1) is 11.6. The molecule has 1 aliphatic heterocycles. The molecule has 0 aliphatic carbocycles. The molecule has 1 unspecified atom stereocenters. The SMILES string of the molecule is COC(CN)CC(=O)Nc1cccc(OCC(=O)N2CCCC2)c1.Cl. The molecule has 0 aromatic heterocycles. The molecule has 1 fully saturated rings. The normalized spacial score (nSPS) is 14.6. The van der Waals surface area contributed by atoms with Crippen LogP contribution in [0.2, 0.25) is 0 Å². The summed E-state index contributed by atoms with van der Waals surface area (Å²) in [6.45, 7) is 1.90. The number of ether oxygens (including phenoxy) is 2. The molecular formula is C17H26ClN3O4. The van der Waals surface area contributed by atoms with Crippen molar-refractivity contribution >= 4 is 29.9 Å². The highest BCUT2D eigenvalue weighted by molar-refractivity contribution is 5.91. The Morgan fingerprint density at radius 1 is 1.32 bits per heavy atom. The number of carbonyl (C=O) groups is 2. The van der Waals surface area contributed by atoms with E-state index in [9.17, 15) is 9.59 Å². The van der Waals surface area contributed by atoms with Crippen LogP contribution in [0.4, 0.5) is 5.69 Å². The number of halogens is 1. The summed E-state index contributed by atoms with van der Waals surface area (Å²) < 4.78 is 10.6. The van der Waals surface area contributed by atoms with Gasteiger partial charge in [0.25, 0.3) is 5.91 Å². The highest BCUT2D eigenvalue weighted by atomic mass is 35.5. The number of anilines is 1. The van der Waals surface area contributed by atoms with Gasteiger partial charge in [0, 0.05) is 38.5 Å². The molecule has 140 valence electrons. The van der Waals surface area contributed by atoms with Crippen LogP contribution in [-0.2, 0) is 14.3 Å². The van der Waals surface area contributed by atoms with Crippen molar-refractivity contribution in [3.8, 4) is 5.75 Å². The molecule has 8 heteroatoms. The predicted molar refractivity (Wildman–Crippen MR) is 98.1 cm³/mol. The summed E-state index contributed by atoms with van der Waals surface area (Å²) in [5.41, 5.74) is 6.12. The Labute approximate surface area is 154 Å². The number of methoxy groups -OCH3 is 1. The Morgan fingerprint density at radius 3 is 2.68 bits per heavy atom. The zero-order valence-electron chi connectivity index (χ0n) is 14.4. The van der Waals surface area contributed by atoms with E-state index in [2.05, 4.69) is 5.32 Å². The average Bonchev–Trinajstić information content (AvgIpc) is 3.12. The maximum absolute atomic E-state index is 12.0. The van der Waals surface area contributed by atoms with Crippen molar-refractivity contribution in [3.63, 3.8) is 0 Å². The van der Waals surface area contributed by atoms with Gasteiger partial charge in [-0.1, -0.05) is 6.07 Å². The maximum Gasteiger partial charge on any atom is 0.260 e. The van der Waals surface area contributed by atoms with Gasteiger partial charge in [0.15, 0.2) is 6.61 Å². The fourth-order valence-corrected chi connectivity index (χ4v) is 2.55. The van der Waals surface area contributed by atoms with Gasteiger partial charge in [0.1, 0.15) is 5.75 Å². The molecule has 1 aromatic carbocycles. The Balaban J connectivity index is 0.00000312. The highest BCUT2D eigenvalue weighted by Gasteiger charge is 2.18. The van der Waals surface area contributed by atoms with Gasteiger partial charge in [-0.25, -0.2) is 0 Å². The van der Waals surface area contributed by atoms with Crippen LogP contribution in [0.25, 0.3) is 0 Å². The number of rotatable bonds is 8. The fourth-order valence-electron chi connectivity index (χ4n) is 2.55. The molecule has 3 N–H and O–H groups in total. The molecule has 0 saturated carbocycles. The van der Waals surface area contributed by atoms with Gasteiger partial charge in [-0.05, 0) is 25.0 Å². The molecule has 1 heterocycles. The predicted octanol–water partition coefficient (Wildman–Crippen LogP) is 1.41. The van der Waals surface area contributed by atoms with Gasteiger partial charge in [0.2, 0.25) is 5.91 Å². The first-order valence-corrected chi connectivity index (χ1v) is 8.15. The maximum atomic E-state index is 12.0. The third-order valence-corrected chi connectivity index (χ3v) is 3.95. The van der Waals surface area contributed by atoms with Crippen molar-refractivity contribution < 1.29 is 19.1 Å². The van der Waals surface area contributed by atoms with E-state index >= 15 is 0 Å². The number of likely N-dealkylation sites (tertiary alicyclic amines) is 1. The van der Waals surface area contributed by atoms with Crippen LogP contribution in [0.3, 0.4) is 0 Å². The number of hydrogen-bond acceptors (Lipinski definition) is 5. The molecule has 0 bridgehead atoms. The summed E-state index contributed by atoms with van der Waals surface area (Å²) in [6.07, 6.45) is 1.99. The lowest BCUT2D eigenvalue weighted by atomic mass is 10.2. The smallest absolute Gasteiger partial charge is 0.260 e. The van der Waals surface area contributed by atoms with Gasteiger partial charge in [0.05, 0.1) is 12.5 Å². The molecule has 0 spiro atoms. The molecule has 25 heavy (non-hydrogen) atoms. The van der Waals surface area contributed by atoms with Crippen LogP contribution >= 0.6 is 12.4 Å². The van der Waals surface area contributed by atoms with E-state index < -0.39 is 0 Å². The number of benzene rings is 1. The summed E-state index contributed by atoms with van der Waals surface area (Å²) >= 11 is 0. The number of nitrogens with two attached hydrogens (primary N) is 1. The minimum Gasteiger partial charge on any atom is -0.484 e. The largest absolute Gasteiger partial charge is 0.484 e. The zero-order valence-corrected chi connectivity index (χ0v) is 15.2. The van der Waals surface area contributed by atoms with Crippen molar-refractivity contribution in [2.45, 2.75) is 25.4 Å². The van der Waals surface area contributed by atoms with Crippen molar-refractivity contribution in [2.75, 3.05) is 38.7 Å². The lowest BCUT2D eigenvalue weighted by Gasteiger charge is -2.16. The molecule has 1 saturated heterocycles.